The third kappa shape index (κ3) is 4.47. The molecule has 0 bridgehead atoms. The zero-order valence-corrected chi connectivity index (χ0v) is 11.0. The van der Waals surface area contributed by atoms with Crippen molar-refractivity contribution < 1.29 is 4.79 Å². The van der Waals surface area contributed by atoms with Crippen LogP contribution in [-0.2, 0) is 0 Å². The lowest BCUT2D eigenvalue weighted by Crippen LogP contribution is -2.21. The normalized spacial score (nSPS) is 10.1. The first kappa shape index (κ1) is 13.6. The lowest BCUT2D eigenvalue weighted by Gasteiger charge is -2.12. The summed E-state index contributed by atoms with van der Waals surface area (Å²) < 4.78 is 0. The van der Waals surface area contributed by atoms with Crippen LogP contribution in [0.2, 0.25) is 0 Å². The van der Waals surface area contributed by atoms with Crippen molar-refractivity contribution in [3.8, 4) is 0 Å². The quantitative estimate of drug-likeness (QED) is 0.767. The molecule has 17 heavy (non-hydrogen) atoms. The molecule has 3 heteroatoms. The van der Waals surface area contributed by atoms with Crippen LogP contribution in [0, 0.1) is 0 Å². The van der Waals surface area contributed by atoms with Gasteiger partial charge >= 0.3 is 0 Å². The first-order valence-electron chi connectivity index (χ1n) is 6.20. The Morgan fingerprint density at radius 3 is 2.71 bits per heavy atom. The van der Waals surface area contributed by atoms with E-state index in [1.807, 2.05) is 24.3 Å². The number of unbranched alkanes of at least 4 members (excludes halogenated alkanes) is 2. The first-order valence-corrected chi connectivity index (χ1v) is 6.20. The minimum atomic E-state index is 0.0437. The van der Waals surface area contributed by atoms with E-state index in [1.54, 1.807) is 19.0 Å². The van der Waals surface area contributed by atoms with E-state index in [1.165, 1.54) is 19.3 Å². The molecular formula is C14H22N2O. The Morgan fingerprint density at radius 1 is 1.29 bits per heavy atom. The molecule has 1 aromatic carbocycles. The number of carbonyl (C=O) groups is 1. The van der Waals surface area contributed by atoms with Gasteiger partial charge in [0, 0.05) is 31.9 Å². The standard InChI is InChI=1S/C14H22N2O/c1-4-5-6-10-15-13-9-7-8-12(11-13)14(17)16(2)3/h7-9,11,15H,4-6,10H2,1-3H3. The number of amides is 1. The van der Waals surface area contributed by atoms with Crippen molar-refractivity contribution in [3.63, 3.8) is 0 Å². The fraction of sp³-hybridized carbons (Fsp3) is 0.500. The highest BCUT2D eigenvalue weighted by atomic mass is 16.2. The third-order valence-electron chi connectivity index (χ3n) is 2.63. The zero-order chi connectivity index (χ0) is 12.7. The number of nitrogens with one attached hydrogen (secondary N) is 1. The fourth-order valence-electron chi connectivity index (χ4n) is 1.63. The Kier molecular flexibility index (Phi) is 5.53. The highest BCUT2D eigenvalue weighted by Gasteiger charge is 2.07. The van der Waals surface area contributed by atoms with Gasteiger partial charge in [0.25, 0.3) is 5.91 Å². The van der Waals surface area contributed by atoms with Gasteiger partial charge in [0.2, 0.25) is 0 Å². The molecule has 0 atom stereocenters. The molecular weight excluding hydrogens is 212 g/mol. The molecule has 0 aliphatic heterocycles. The summed E-state index contributed by atoms with van der Waals surface area (Å²) in [4.78, 5) is 13.4. The van der Waals surface area contributed by atoms with Gasteiger partial charge in [-0.3, -0.25) is 4.79 Å². The van der Waals surface area contributed by atoms with Crippen LogP contribution in [0.4, 0.5) is 5.69 Å². The van der Waals surface area contributed by atoms with Crippen LogP contribution in [-0.4, -0.2) is 31.4 Å². The molecule has 1 aromatic rings. The predicted molar refractivity (Wildman–Crippen MR) is 72.5 cm³/mol. The molecule has 0 aromatic heterocycles. The summed E-state index contributed by atoms with van der Waals surface area (Å²) >= 11 is 0. The van der Waals surface area contributed by atoms with Gasteiger partial charge in [0.1, 0.15) is 0 Å². The first-order chi connectivity index (χ1) is 8.15. The van der Waals surface area contributed by atoms with Crippen LogP contribution < -0.4 is 5.32 Å². The van der Waals surface area contributed by atoms with Crippen molar-refractivity contribution in [3.05, 3.63) is 29.8 Å². The molecule has 1 amide bonds. The molecule has 1 N–H and O–H groups in total. The Labute approximate surface area is 104 Å². The SMILES string of the molecule is CCCCCNc1cccc(C(=O)N(C)C)c1. The van der Waals surface area contributed by atoms with E-state index in [4.69, 9.17) is 0 Å². The van der Waals surface area contributed by atoms with E-state index in [2.05, 4.69) is 12.2 Å². The van der Waals surface area contributed by atoms with Gasteiger partial charge in [-0.1, -0.05) is 25.8 Å². The third-order valence-corrected chi connectivity index (χ3v) is 2.63. The lowest BCUT2D eigenvalue weighted by molar-refractivity contribution is 0.0827. The number of benzene rings is 1. The minimum Gasteiger partial charge on any atom is -0.385 e. The number of hydrogen-bond donors (Lipinski definition) is 1. The summed E-state index contributed by atoms with van der Waals surface area (Å²) in [5.74, 6) is 0.0437. The molecule has 0 saturated carbocycles. The van der Waals surface area contributed by atoms with Crippen LogP contribution in [0.15, 0.2) is 24.3 Å². The zero-order valence-electron chi connectivity index (χ0n) is 11.0. The Bertz CT molecular complexity index is 361. The van der Waals surface area contributed by atoms with Crippen LogP contribution in [0.1, 0.15) is 36.5 Å². The molecule has 3 nitrogen and oxygen atoms in total. The fourth-order valence-corrected chi connectivity index (χ4v) is 1.63. The van der Waals surface area contributed by atoms with Crippen molar-refractivity contribution >= 4 is 11.6 Å². The smallest absolute Gasteiger partial charge is 0.253 e. The second-order valence-electron chi connectivity index (χ2n) is 4.41. The van der Waals surface area contributed by atoms with E-state index in [0.717, 1.165) is 17.8 Å². The highest BCUT2D eigenvalue weighted by Crippen LogP contribution is 2.12. The van der Waals surface area contributed by atoms with Gasteiger partial charge in [-0.2, -0.15) is 0 Å². The summed E-state index contributed by atoms with van der Waals surface area (Å²) in [5, 5.41) is 3.34. The second kappa shape index (κ2) is 6.94. The summed E-state index contributed by atoms with van der Waals surface area (Å²) in [5.41, 5.74) is 1.75. The molecule has 94 valence electrons. The van der Waals surface area contributed by atoms with Crippen molar-refractivity contribution in [2.75, 3.05) is 26.0 Å². The van der Waals surface area contributed by atoms with Crippen molar-refractivity contribution in [2.24, 2.45) is 0 Å². The van der Waals surface area contributed by atoms with Crippen molar-refractivity contribution in [1.82, 2.24) is 4.90 Å². The number of rotatable bonds is 6. The molecule has 0 spiro atoms. The predicted octanol–water partition coefficient (Wildman–Crippen LogP) is 2.99. The Morgan fingerprint density at radius 2 is 2.06 bits per heavy atom. The Hall–Kier alpha value is -1.51. The molecule has 0 saturated heterocycles. The van der Waals surface area contributed by atoms with Gasteiger partial charge in [0.15, 0.2) is 0 Å². The maximum atomic E-state index is 11.8. The van der Waals surface area contributed by atoms with Gasteiger partial charge < -0.3 is 10.2 Å². The summed E-state index contributed by atoms with van der Waals surface area (Å²) in [6.45, 7) is 3.16. The van der Waals surface area contributed by atoms with Crippen LogP contribution >= 0.6 is 0 Å². The van der Waals surface area contributed by atoms with E-state index >= 15 is 0 Å². The van der Waals surface area contributed by atoms with Crippen LogP contribution in [0.5, 0.6) is 0 Å². The summed E-state index contributed by atoms with van der Waals surface area (Å²) in [7, 11) is 3.54. The number of carbonyl (C=O) groups excluding carboxylic acids is 1. The van der Waals surface area contributed by atoms with Gasteiger partial charge in [0.05, 0.1) is 0 Å². The van der Waals surface area contributed by atoms with Crippen LogP contribution in [0.3, 0.4) is 0 Å². The minimum absolute atomic E-state index is 0.0437. The molecule has 1 rings (SSSR count). The van der Waals surface area contributed by atoms with Gasteiger partial charge in [-0.25, -0.2) is 0 Å². The largest absolute Gasteiger partial charge is 0.385 e. The number of anilines is 1. The highest BCUT2D eigenvalue weighted by molar-refractivity contribution is 5.94. The summed E-state index contributed by atoms with van der Waals surface area (Å²) in [6.07, 6.45) is 3.63. The van der Waals surface area contributed by atoms with Crippen molar-refractivity contribution in [1.29, 1.82) is 0 Å². The van der Waals surface area contributed by atoms with E-state index < -0.39 is 0 Å². The Balaban J connectivity index is 2.57. The molecule has 0 fully saturated rings. The maximum absolute atomic E-state index is 11.8. The lowest BCUT2D eigenvalue weighted by atomic mass is 10.1. The van der Waals surface area contributed by atoms with Gasteiger partial charge in [-0.05, 0) is 24.6 Å². The molecule has 0 radical (unpaired) electrons. The topological polar surface area (TPSA) is 32.3 Å². The molecule has 0 heterocycles. The molecule has 0 unspecified atom stereocenters. The van der Waals surface area contributed by atoms with Crippen molar-refractivity contribution in [2.45, 2.75) is 26.2 Å². The second-order valence-corrected chi connectivity index (χ2v) is 4.41. The van der Waals surface area contributed by atoms with Crippen LogP contribution in [0.25, 0.3) is 0 Å². The number of hydrogen-bond acceptors (Lipinski definition) is 2. The number of nitrogens with zero attached hydrogens (tertiary/aromatic N) is 1. The monoisotopic (exact) mass is 234 g/mol. The average Bonchev–Trinajstić information content (AvgIpc) is 2.34. The van der Waals surface area contributed by atoms with E-state index in [9.17, 15) is 4.79 Å². The average molecular weight is 234 g/mol. The van der Waals surface area contributed by atoms with E-state index in [0.29, 0.717) is 0 Å². The van der Waals surface area contributed by atoms with Gasteiger partial charge in [-0.15, -0.1) is 0 Å². The summed E-state index contributed by atoms with van der Waals surface area (Å²) in [6, 6.07) is 7.67. The molecule has 0 aliphatic carbocycles. The maximum Gasteiger partial charge on any atom is 0.253 e. The van der Waals surface area contributed by atoms with E-state index in [-0.39, 0.29) is 5.91 Å². The molecule has 0 aliphatic rings.